The van der Waals surface area contributed by atoms with Crippen LogP contribution in [0, 0.1) is 12.7 Å². The predicted molar refractivity (Wildman–Crippen MR) is 80.2 cm³/mol. The third-order valence-electron chi connectivity index (χ3n) is 3.05. The highest BCUT2D eigenvalue weighted by Gasteiger charge is 2.08. The van der Waals surface area contributed by atoms with Crippen LogP contribution in [-0.2, 0) is 6.61 Å². The topological polar surface area (TPSA) is 48.2 Å². The summed E-state index contributed by atoms with van der Waals surface area (Å²) in [4.78, 5) is 8.29. The Morgan fingerprint density at radius 1 is 1.27 bits per heavy atom. The first-order chi connectivity index (χ1) is 10.6. The molecule has 0 aliphatic heterocycles. The summed E-state index contributed by atoms with van der Waals surface area (Å²) in [6, 6.07) is 7.67. The lowest BCUT2D eigenvalue weighted by Crippen LogP contribution is -1.98. The van der Waals surface area contributed by atoms with Gasteiger partial charge in [0.25, 0.3) is 0 Å². The van der Waals surface area contributed by atoms with Gasteiger partial charge in [-0.05, 0) is 42.8 Å². The molecular weight excluding hydrogens is 307 g/mol. The molecule has 2 heterocycles. The van der Waals surface area contributed by atoms with Gasteiger partial charge in [-0.15, -0.1) is 0 Å². The van der Waals surface area contributed by atoms with Crippen LogP contribution in [-0.4, -0.2) is 9.97 Å². The van der Waals surface area contributed by atoms with E-state index in [1.165, 1.54) is 18.4 Å². The Balaban J connectivity index is 1.70. The Morgan fingerprint density at radius 3 is 2.77 bits per heavy atom. The number of hydrogen-bond acceptors (Lipinski definition) is 4. The molecule has 0 N–H and O–H groups in total. The summed E-state index contributed by atoms with van der Waals surface area (Å²) in [5.74, 6) is 0.755. The maximum absolute atomic E-state index is 12.9. The maximum atomic E-state index is 12.9. The van der Waals surface area contributed by atoms with Gasteiger partial charge in [-0.2, -0.15) is 0 Å². The van der Waals surface area contributed by atoms with Gasteiger partial charge in [0.15, 0.2) is 0 Å². The van der Waals surface area contributed by atoms with Crippen LogP contribution in [0.1, 0.15) is 11.3 Å². The van der Waals surface area contributed by atoms with Gasteiger partial charge < -0.3 is 9.15 Å². The van der Waals surface area contributed by atoms with E-state index in [1.807, 2.05) is 6.92 Å². The smallest absolute Gasteiger partial charge is 0.226 e. The molecular formula is C16H12ClFN2O2. The first-order valence-electron chi connectivity index (χ1n) is 6.57. The lowest BCUT2D eigenvalue weighted by atomic mass is 10.2. The largest absolute Gasteiger partial charge is 0.485 e. The third kappa shape index (κ3) is 3.26. The van der Waals surface area contributed by atoms with E-state index in [0.29, 0.717) is 28.1 Å². The number of aromatic nitrogens is 2. The number of halogens is 2. The summed E-state index contributed by atoms with van der Waals surface area (Å²) in [7, 11) is 0. The molecule has 0 radical (unpaired) electrons. The second kappa shape index (κ2) is 6.15. The Hall–Kier alpha value is -2.40. The van der Waals surface area contributed by atoms with E-state index in [0.717, 1.165) is 5.56 Å². The standard InChI is InChI=1S/C16H12ClFN2O2/c1-10-6-15(17)19-7-14(10)21-8-13-9-22-16(20-13)11-2-4-12(18)5-3-11/h2-7,9H,8H2,1H3. The Kier molecular flexibility index (Phi) is 4.06. The monoisotopic (exact) mass is 318 g/mol. The highest BCUT2D eigenvalue weighted by molar-refractivity contribution is 6.29. The molecule has 3 aromatic rings. The first-order valence-corrected chi connectivity index (χ1v) is 6.95. The van der Waals surface area contributed by atoms with E-state index < -0.39 is 0 Å². The lowest BCUT2D eigenvalue weighted by molar-refractivity contribution is 0.297. The van der Waals surface area contributed by atoms with Crippen LogP contribution < -0.4 is 4.74 Å². The zero-order valence-corrected chi connectivity index (χ0v) is 12.5. The summed E-state index contributed by atoms with van der Waals surface area (Å²) in [6.07, 6.45) is 3.08. The van der Waals surface area contributed by atoms with Gasteiger partial charge in [-0.1, -0.05) is 11.6 Å². The van der Waals surface area contributed by atoms with E-state index in [-0.39, 0.29) is 12.4 Å². The molecule has 0 saturated carbocycles. The molecule has 0 aliphatic rings. The number of oxazole rings is 1. The van der Waals surface area contributed by atoms with Crippen LogP contribution in [0.5, 0.6) is 5.75 Å². The fourth-order valence-electron chi connectivity index (χ4n) is 1.91. The minimum atomic E-state index is -0.301. The minimum Gasteiger partial charge on any atom is -0.485 e. The molecule has 0 spiro atoms. The average Bonchev–Trinajstić information content (AvgIpc) is 2.96. The van der Waals surface area contributed by atoms with Gasteiger partial charge in [0, 0.05) is 5.56 Å². The SMILES string of the molecule is Cc1cc(Cl)ncc1OCc1coc(-c2ccc(F)cc2)n1. The van der Waals surface area contributed by atoms with Crippen molar-refractivity contribution in [2.45, 2.75) is 13.5 Å². The summed E-state index contributed by atoms with van der Waals surface area (Å²) in [5, 5.41) is 0.421. The highest BCUT2D eigenvalue weighted by Crippen LogP contribution is 2.22. The second-order valence-electron chi connectivity index (χ2n) is 4.71. The Bertz CT molecular complexity index is 787. The summed E-state index contributed by atoms with van der Waals surface area (Å²) >= 11 is 5.80. The average molecular weight is 319 g/mol. The van der Waals surface area contributed by atoms with Crippen LogP contribution in [0.4, 0.5) is 4.39 Å². The number of ether oxygens (including phenoxy) is 1. The molecule has 1 aromatic carbocycles. The number of rotatable bonds is 4. The molecule has 6 heteroatoms. The van der Waals surface area contributed by atoms with E-state index in [9.17, 15) is 4.39 Å². The normalized spacial score (nSPS) is 10.7. The summed E-state index contributed by atoms with van der Waals surface area (Å²) in [6.45, 7) is 2.13. The van der Waals surface area contributed by atoms with E-state index in [2.05, 4.69) is 9.97 Å². The molecule has 3 rings (SSSR count). The van der Waals surface area contributed by atoms with Gasteiger partial charge in [-0.25, -0.2) is 14.4 Å². The molecule has 4 nitrogen and oxygen atoms in total. The van der Waals surface area contributed by atoms with E-state index in [4.69, 9.17) is 20.8 Å². The molecule has 0 amide bonds. The van der Waals surface area contributed by atoms with Crippen molar-refractivity contribution in [3.8, 4) is 17.2 Å². The van der Waals surface area contributed by atoms with E-state index in [1.54, 1.807) is 24.4 Å². The fourth-order valence-corrected chi connectivity index (χ4v) is 2.12. The van der Waals surface area contributed by atoms with Crippen LogP contribution in [0.3, 0.4) is 0 Å². The molecule has 22 heavy (non-hydrogen) atoms. The molecule has 112 valence electrons. The van der Waals surface area contributed by atoms with Crippen molar-refractivity contribution in [1.29, 1.82) is 0 Å². The molecule has 0 atom stereocenters. The molecule has 0 unspecified atom stereocenters. The molecule has 0 aliphatic carbocycles. The number of hydrogen-bond donors (Lipinski definition) is 0. The number of nitrogens with zero attached hydrogens (tertiary/aromatic N) is 2. The van der Waals surface area contributed by atoms with Gasteiger partial charge in [0.2, 0.25) is 5.89 Å². The van der Waals surface area contributed by atoms with E-state index >= 15 is 0 Å². The summed E-state index contributed by atoms with van der Waals surface area (Å²) < 4.78 is 23.9. The van der Waals surface area contributed by atoms with Gasteiger partial charge in [0.05, 0.1) is 6.20 Å². The number of pyridine rings is 1. The Labute approximate surface area is 131 Å². The fraction of sp³-hybridized carbons (Fsp3) is 0.125. The number of aryl methyl sites for hydroxylation is 1. The van der Waals surface area contributed by atoms with Crippen molar-refractivity contribution < 1.29 is 13.5 Å². The van der Waals surface area contributed by atoms with Crippen LogP contribution in [0.25, 0.3) is 11.5 Å². The van der Waals surface area contributed by atoms with Gasteiger partial charge in [0.1, 0.15) is 35.3 Å². The third-order valence-corrected chi connectivity index (χ3v) is 3.25. The van der Waals surface area contributed by atoms with Crippen molar-refractivity contribution in [2.24, 2.45) is 0 Å². The van der Waals surface area contributed by atoms with Crippen molar-refractivity contribution in [3.63, 3.8) is 0 Å². The number of benzene rings is 1. The van der Waals surface area contributed by atoms with Gasteiger partial charge >= 0.3 is 0 Å². The summed E-state index contributed by atoms with van der Waals surface area (Å²) in [5.41, 5.74) is 2.23. The van der Waals surface area contributed by atoms with Crippen molar-refractivity contribution in [1.82, 2.24) is 9.97 Å². The predicted octanol–water partition coefficient (Wildman–Crippen LogP) is 4.42. The second-order valence-corrected chi connectivity index (χ2v) is 5.10. The van der Waals surface area contributed by atoms with Crippen LogP contribution in [0.15, 0.2) is 47.2 Å². The zero-order chi connectivity index (χ0) is 15.5. The lowest BCUT2D eigenvalue weighted by Gasteiger charge is -2.06. The maximum Gasteiger partial charge on any atom is 0.226 e. The van der Waals surface area contributed by atoms with Gasteiger partial charge in [-0.3, -0.25) is 0 Å². The molecule has 0 bridgehead atoms. The highest BCUT2D eigenvalue weighted by atomic mass is 35.5. The molecule has 0 fully saturated rings. The Morgan fingerprint density at radius 2 is 2.05 bits per heavy atom. The van der Waals surface area contributed by atoms with Crippen molar-refractivity contribution in [3.05, 3.63) is 65.0 Å². The van der Waals surface area contributed by atoms with Crippen molar-refractivity contribution >= 4 is 11.6 Å². The van der Waals surface area contributed by atoms with Crippen LogP contribution >= 0.6 is 11.6 Å². The first kappa shape index (κ1) is 14.5. The quantitative estimate of drug-likeness (QED) is 0.668. The van der Waals surface area contributed by atoms with Crippen LogP contribution in [0.2, 0.25) is 5.15 Å². The zero-order valence-electron chi connectivity index (χ0n) is 11.7. The molecule has 0 saturated heterocycles. The minimum absolute atomic E-state index is 0.245. The van der Waals surface area contributed by atoms with Crippen molar-refractivity contribution in [2.75, 3.05) is 0 Å². The molecule has 2 aromatic heterocycles.